The summed E-state index contributed by atoms with van der Waals surface area (Å²) in [6, 6.07) is 12.2. The number of anilines is 1. The molecule has 0 atom stereocenters. The van der Waals surface area contributed by atoms with Gasteiger partial charge in [-0.1, -0.05) is 23.7 Å². The SMILES string of the molecule is COC(=O)N(C)NC(=O)c1cc(C#N)cc(C)c1NC(=O)c1cc(Cn2nnc(C(F)(F)F)n2)nn1-c1ccccc1Cl. The molecule has 43 heavy (non-hydrogen) atoms. The topological polar surface area (TPSA) is 173 Å². The molecule has 0 radical (unpaired) electrons. The number of benzene rings is 2. The first-order chi connectivity index (χ1) is 20.3. The molecule has 3 amide bonds. The van der Waals surface area contributed by atoms with E-state index >= 15 is 0 Å². The van der Waals surface area contributed by atoms with Gasteiger partial charge in [-0.25, -0.2) is 14.5 Å². The lowest BCUT2D eigenvalue weighted by Crippen LogP contribution is -2.43. The lowest BCUT2D eigenvalue weighted by atomic mass is 10.0. The van der Waals surface area contributed by atoms with Gasteiger partial charge in [-0.05, 0) is 48.0 Å². The molecule has 0 aliphatic carbocycles. The number of rotatable bonds is 6. The number of ether oxygens (including phenoxy) is 1. The molecule has 0 spiro atoms. The van der Waals surface area contributed by atoms with E-state index in [0.29, 0.717) is 10.4 Å². The molecule has 0 aliphatic rings. The maximum absolute atomic E-state index is 13.7. The number of aromatic nitrogens is 6. The zero-order valence-corrected chi connectivity index (χ0v) is 23.2. The predicted octanol–water partition coefficient (Wildman–Crippen LogP) is 3.35. The molecule has 14 nitrogen and oxygen atoms in total. The molecule has 0 saturated carbocycles. The molecular weight excluding hydrogens is 597 g/mol. The summed E-state index contributed by atoms with van der Waals surface area (Å²) in [4.78, 5) is 39.2. The van der Waals surface area contributed by atoms with E-state index < -0.39 is 29.9 Å². The van der Waals surface area contributed by atoms with Crippen molar-refractivity contribution in [3.05, 3.63) is 81.4 Å². The van der Waals surface area contributed by atoms with Gasteiger partial charge in [0, 0.05) is 7.05 Å². The number of para-hydroxylation sites is 1. The number of alkyl halides is 3. The number of methoxy groups -OCH3 is 1. The summed E-state index contributed by atoms with van der Waals surface area (Å²) in [5.41, 5.74) is 2.77. The Morgan fingerprint density at radius 3 is 2.49 bits per heavy atom. The first-order valence-corrected chi connectivity index (χ1v) is 12.4. The van der Waals surface area contributed by atoms with Gasteiger partial charge in [-0.2, -0.15) is 28.3 Å². The second-order valence-electron chi connectivity index (χ2n) is 8.78. The first-order valence-electron chi connectivity index (χ1n) is 12.0. The Morgan fingerprint density at radius 1 is 1.14 bits per heavy atom. The number of hydrazine groups is 1. The number of amides is 3. The third-order valence-corrected chi connectivity index (χ3v) is 6.07. The summed E-state index contributed by atoms with van der Waals surface area (Å²) in [6.45, 7) is 1.16. The molecule has 2 aromatic carbocycles. The summed E-state index contributed by atoms with van der Waals surface area (Å²) in [5.74, 6) is -3.10. The third kappa shape index (κ3) is 6.70. The molecule has 2 heterocycles. The highest BCUT2D eigenvalue weighted by atomic mass is 35.5. The van der Waals surface area contributed by atoms with Crippen LogP contribution in [0.25, 0.3) is 5.69 Å². The molecule has 2 aromatic heterocycles. The monoisotopic (exact) mass is 616 g/mol. The van der Waals surface area contributed by atoms with Gasteiger partial charge in [-0.3, -0.25) is 15.0 Å². The van der Waals surface area contributed by atoms with Crippen LogP contribution in [0.4, 0.5) is 23.7 Å². The van der Waals surface area contributed by atoms with Crippen LogP contribution in [0.5, 0.6) is 0 Å². The van der Waals surface area contributed by atoms with Crippen molar-refractivity contribution in [2.24, 2.45) is 0 Å². The molecule has 2 N–H and O–H groups in total. The molecule has 4 aromatic rings. The summed E-state index contributed by atoms with van der Waals surface area (Å²) in [7, 11) is 2.34. The van der Waals surface area contributed by atoms with Crippen molar-refractivity contribution in [2.45, 2.75) is 19.6 Å². The first kappa shape index (κ1) is 30.5. The fourth-order valence-electron chi connectivity index (χ4n) is 3.81. The van der Waals surface area contributed by atoms with Crippen LogP contribution in [-0.2, 0) is 17.5 Å². The fourth-order valence-corrected chi connectivity index (χ4v) is 4.03. The predicted molar refractivity (Wildman–Crippen MR) is 142 cm³/mol. The van der Waals surface area contributed by atoms with Crippen molar-refractivity contribution in [3.63, 3.8) is 0 Å². The molecule has 4 rings (SSSR count). The van der Waals surface area contributed by atoms with Gasteiger partial charge in [0.2, 0.25) is 0 Å². The molecule has 0 saturated heterocycles. The van der Waals surface area contributed by atoms with E-state index in [1.165, 1.54) is 29.9 Å². The van der Waals surface area contributed by atoms with Crippen LogP contribution in [0.15, 0.2) is 42.5 Å². The zero-order chi connectivity index (χ0) is 31.5. The van der Waals surface area contributed by atoms with E-state index in [2.05, 4.69) is 36.0 Å². The highest BCUT2D eigenvalue weighted by Gasteiger charge is 2.37. The van der Waals surface area contributed by atoms with Crippen molar-refractivity contribution in [1.29, 1.82) is 5.26 Å². The highest BCUT2D eigenvalue weighted by molar-refractivity contribution is 6.32. The van der Waals surface area contributed by atoms with Gasteiger partial charge in [0.05, 0.1) is 46.4 Å². The van der Waals surface area contributed by atoms with Gasteiger partial charge in [0.1, 0.15) is 12.2 Å². The largest absolute Gasteiger partial charge is 0.455 e. The summed E-state index contributed by atoms with van der Waals surface area (Å²) in [5, 5.41) is 27.0. The molecular formula is C25H20ClF3N10O4. The number of hydrogen-bond donors (Lipinski definition) is 2. The van der Waals surface area contributed by atoms with E-state index in [1.54, 1.807) is 31.2 Å². The zero-order valence-electron chi connectivity index (χ0n) is 22.5. The molecule has 222 valence electrons. The van der Waals surface area contributed by atoms with Crippen LogP contribution in [0.1, 0.15) is 43.5 Å². The summed E-state index contributed by atoms with van der Waals surface area (Å²) < 4.78 is 44.6. The maximum Gasteiger partial charge on any atom is 0.455 e. The lowest BCUT2D eigenvalue weighted by molar-refractivity contribution is -0.145. The van der Waals surface area contributed by atoms with Crippen molar-refractivity contribution >= 4 is 35.2 Å². The van der Waals surface area contributed by atoms with Crippen LogP contribution >= 0.6 is 11.6 Å². The van der Waals surface area contributed by atoms with Crippen molar-refractivity contribution < 1.29 is 32.3 Å². The quantitative estimate of drug-likeness (QED) is 0.308. The molecule has 0 fully saturated rings. The number of carbonyl (C=O) groups is 3. The van der Waals surface area contributed by atoms with Crippen LogP contribution in [0.2, 0.25) is 5.02 Å². The van der Waals surface area contributed by atoms with E-state index in [-0.39, 0.29) is 45.5 Å². The average Bonchev–Trinajstić information content (AvgIpc) is 3.61. The van der Waals surface area contributed by atoms with E-state index in [4.69, 9.17) is 11.6 Å². The Bertz CT molecular complexity index is 1760. The Balaban J connectivity index is 1.74. The van der Waals surface area contributed by atoms with Gasteiger partial charge in [0.25, 0.3) is 17.6 Å². The van der Waals surface area contributed by atoms with Gasteiger partial charge >= 0.3 is 12.3 Å². The number of nitriles is 1. The Kier molecular flexibility index (Phi) is 8.61. The van der Waals surface area contributed by atoms with Crippen molar-refractivity contribution in [2.75, 3.05) is 19.5 Å². The molecule has 0 unspecified atom stereocenters. The van der Waals surface area contributed by atoms with Crippen LogP contribution in [-0.4, -0.2) is 67.1 Å². The number of halogens is 4. The lowest BCUT2D eigenvalue weighted by Gasteiger charge is -2.19. The summed E-state index contributed by atoms with van der Waals surface area (Å²) >= 11 is 6.35. The molecule has 0 aliphatic heterocycles. The van der Waals surface area contributed by atoms with E-state index in [1.807, 2.05) is 6.07 Å². The minimum Gasteiger partial charge on any atom is -0.452 e. The molecule has 18 heteroatoms. The third-order valence-electron chi connectivity index (χ3n) is 5.75. The van der Waals surface area contributed by atoms with Crippen molar-refractivity contribution in [1.82, 2.24) is 40.4 Å². The van der Waals surface area contributed by atoms with Gasteiger partial charge < -0.3 is 10.1 Å². The smallest absolute Gasteiger partial charge is 0.452 e. The summed E-state index contributed by atoms with van der Waals surface area (Å²) in [6.07, 6.45) is -5.69. The van der Waals surface area contributed by atoms with Crippen LogP contribution in [0, 0.1) is 18.3 Å². The number of tetrazole rings is 1. The Hall–Kier alpha value is -5.50. The van der Waals surface area contributed by atoms with Crippen LogP contribution in [0.3, 0.4) is 0 Å². The van der Waals surface area contributed by atoms with E-state index in [9.17, 15) is 32.8 Å². The van der Waals surface area contributed by atoms with Gasteiger partial charge in [0.15, 0.2) is 0 Å². The number of nitrogens with zero attached hydrogens (tertiary/aromatic N) is 8. The van der Waals surface area contributed by atoms with E-state index in [0.717, 1.165) is 12.1 Å². The minimum atomic E-state index is -4.81. The molecule has 0 bridgehead atoms. The fraction of sp³-hybridized carbons (Fsp3) is 0.200. The minimum absolute atomic E-state index is 0.000913. The Morgan fingerprint density at radius 2 is 1.86 bits per heavy atom. The maximum atomic E-state index is 13.7. The second kappa shape index (κ2) is 12.2. The number of aryl methyl sites for hydroxylation is 1. The normalized spacial score (nSPS) is 11.0. The second-order valence-corrected chi connectivity index (χ2v) is 9.18. The number of nitrogens with one attached hydrogen (secondary N) is 2. The van der Waals surface area contributed by atoms with Crippen molar-refractivity contribution in [3.8, 4) is 11.8 Å². The standard InChI is InChI=1S/C25H20ClF3N10O4/c1-13-8-14(11-30)9-16(21(40)34-37(2)24(42)43-3)20(13)31-22(41)19-10-15(12-38-35-23(32-36-38)25(27,28)29)33-39(19)18-7-5-4-6-17(18)26/h4-10H,12H2,1-3H3,(H,31,41)(H,34,40). The Labute approximate surface area is 245 Å². The van der Waals surface area contributed by atoms with Gasteiger partial charge in [-0.15, -0.1) is 10.2 Å². The van der Waals surface area contributed by atoms with Crippen LogP contribution < -0.4 is 10.7 Å². The average molecular weight is 617 g/mol. The number of hydrogen-bond acceptors (Lipinski definition) is 9. The highest BCUT2D eigenvalue weighted by Crippen LogP contribution is 2.27. The number of carbonyl (C=O) groups excluding carboxylic acids is 3.